The van der Waals surface area contributed by atoms with Crippen molar-refractivity contribution in [2.75, 3.05) is 40.9 Å². The number of unbranched alkanes of at least 4 members (excludes halogenated alkanes) is 32. The lowest BCUT2D eigenvalue weighted by molar-refractivity contribution is -0.870. The molecule has 0 saturated carbocycles. The smallest absolute Gasteiger partial charge is 0.268 e. The third kappa shape index (κ3) is 48.5. The highest BCUT2D eigenvalue weighted by Crippen LogP contribution is 2.38. The SMILES string of the molecule is CCCCCCCC/C=C/CC/C=C/C(O)C(COP(=O)([O-])OCC[N+](C)(C)C)NC(=O)CCCCCCCCCCCCCCC/C=C\CCCCCCCCCCCCCC. The number of likely N-dealkylation sites (N-methyl/N-ethyl adjacent to an activating group) is 1. The summed E-state index contributed by atoms with van der Waals surface area (Å²) in [6.45, 7) is 4.62. The van der Waals surface area contributed by atoms with Gasteiger partial charge in [0.2, 0.25) is 5.91 Å². The van der Waals surface area contributed by atoms with E-state index < -0.39 is 26.6 Å². The van der Waals surface area contributed by atoms with Crippen LogP contribution in [0.5, 0.6) is 0 Å². The molecule has 0 aliphatic carbocycles. The Labute approximate surface area is 391 Å². The van der Waals surface area contributed by atoms with Gasteiger partial charge in [0.1, 0.15) is 13.2 Å². The van der Waals surface area contributed by atoms with Crippen molar-refractivity contribution in [1.82, 2.24) is 5.32 Å². The maximum atomic E-state index is 12.9. The van der Waals surface area contributed by atoms with Crippen molar-refractivity contribution in [1.29, 1.82) is 0 Å². The first-order valence-corrected chi connectivity index (χ1v) is 28.3. The van der Waals surface area contributed by atoms with E-state index in [1.54, 1.807) is 6.08 Å². The molecule has 0 saturated heterocycles. The van der Waals surface area contributed by atoms with Crippen LogP contribution in [-0.2, 0) is 18.4 Å². The number of quaternary nitrogens is 1. The molecule has 0 aromatic rings. The fraction of sp³-hybridized carbons (Fsp3) is 0.870. The summed E-state index contributed by atoms with van der Waals surface area (Å²) in [6, 6.07) is -0.901. The molecule has 9 heteroatoms. The van der Waals surface area contributed by atoms with Crippen LogP contribution in [0.2, 0.25) is 0 Å². The number of rotatable bonds is 49. The topological polar surface area (TPSA) is 108 Å². The van der Waals surface area contributed by atoms with Crippen molar-refractivity contribution in [2.24, 2.45) is 0 Å². The second-order valence-corrected chi connectivity index (χ2v) is 21.0. The third-order valence-corrected chi connectivity index (χ3v) is 13.0. The Bertz CT molecular complexity index is 1120. The van der Waals surface area contributed by atoms with Crippen LogP contribution in [0, 0.1) is 0 Å². The molecule has 3 unspecified atom stereocenters. The number of carbonyl (C=O) groups is 1. The summed E-state index contributed by atoms with van der Waals surface area (Å²) in [5.74, 6) is -0.207. The number of phosphoric ester groups is 1. The molecule has 0 aromatic carbocycles. The number of amides is 1. The number of aliphatic hydroxyl groups excluding tert-OH is 1. The number of allylic oxidation sites excluding steroid dienone is 5. The summed E-state index contributed by atoms with van der Waals surface area (Å²) in [7, 11) is 1.25. The normalized spacial score (nSPS) is 14.3. The molecular weight excluding hydrogens is 804 g/mol. The van der Waals surface area contributed by atoms with E-state index in [1.807, 2.05) is 27.2 Å². The minimum absolute atomic E-state index is 0.00583. The number of nitrogens with zero attached hydrogens (tertiary/aromatic N) is 1. The van der Waals surface area contributed by atoms with Crippen LogP contribution in [0.4, 0.5) is 0 Å². The van der Waals surface area contributed by atoms with Crippen LogP contribution >= 0.6 is 7.82 Å². The zero-order valence-electron chi connectivity index (χ0n) is 42.3. The average molecular weight is 909 g/mol. The Morgan fingerprint density at radius 3 is 1.29 bits per heavy atom. The summed E-state index contributed by atoms with van der Waals surface area (Å²) in [4.78, 5) is 25.4. The number of carbonyl (C=O) groups excluding carboxylic acids is 1. The first-order chi connectivity index (χ1) is 30.5. The lowest BCUT2D eigenvalue weighted by Gasteiger charge is -2.29. The molecule has 8 nitrogen and oxygen atoms in total. The second-order valence-electron chi connectivity index (χ2n) is 19.6. The molecule has 0 rings (SSSR count). The summed E-state index contributed by atoms with van der Waals surface area (Å²) in [6.07, 6.45) is 58.0. The van der Waals surface area contributed by atoms with Crippen LogP contribution in [0.3, 0.4) is 0 Å². The molecule has 3 atom stereocenters. The van der Waals surface area contributed by atoms with E-state index in [0.717, 1.165) is 38.5 Å². The number of hydrogen-bond donors (Lipinski definition) is 2. The monoisotopic (exact) mass is 909 g/mol. The Kier molecular flexibility index (Phi) is 44.9. The van der Waals surface area contributed by atoms with Gasteiger partial charge < -0.3 is 28.8 Å². The molecule has 2 N–H and O–H groups in total. The van der Waals surface area contributed by atoms with Gasteiger partial charge in [0.25, 0.3) is 7.82 Å². The van der Waals surface area contributed by atoms with E-state index in [9.17, 15) is 19.4 Å². The molecule has 63 heavy (non-hydrogen) atoms. The van der Waals surface area contributed by atoms with E-state index in [0.29, 0.717) is 17.4 Å². The average Bonchev–Trinajstić information content (AvgIpc) is 3.24. The molecular formula is C54H105N2O6P. The van der Waals surface area contributed by atoms with Gasteiger partial charge in [-0.2, -0.15) is 0 Å². The molecule has 372 valence electrons. The lowest BCUT2D eigenvalue weighted by Crippen LogP contribution is -2.45. The number of nitrogens with one attached hydrogen (secondary N) is 1. The van der Waals surface area contributed by atoms with Gasteiger partial charge in [-0.3, -0.25) is 9.36 Å². The standard InChI is InChI=1S/C54H105N2O6P/c1-6-8-10-12-14-16-18-20-21-22-23-24-25-26-27-28-29-30-31-32-33-34-35-36-38-40-42-44-46-48-54(58)55-52(51-62-63(59,60)61-50-49-56(3,4)5)53(57)47-45-43-41-39-37-19-17-15-13-11-9-7-2/h26-27,37,39,45,47,52-53,57H,6-25,28-36,38,40-44,46,48-51H2,1-5H3,(H-,55,58,59,60)/b27-26-,39-37+,47-45+. The minimum atomic E-state index is -4.60. The van der Waals surface area contributed by atoms with Crippen molar-refractivity contribution in [3.05, 3.63) is 36.5 Å². The Morgan fingerprint density at radius 1 is 0.540 bits per heavy atom. The van der Waals surface area contributed by atoms with Crippen LogP contribution in [0.1, 0.15) is 251 Å². The van der Waals surface area contributed by atoms with Crippen molar-refractivity contribution >= 4 is 13.7 Å². The van der Waals surface area contributed by atoms with Gasteiger partial charge in [-0.15, -0.1) is 0 Å². The molecule has 0 bridgehead atoms. The highest BCUT2D eigenvalue weighted by molar-refractivity contribution is 7.45. The molecule has 0 radical (unpaired) electrons. The van der Waals surface area contributed by atoms with Crippen LogP contribution < -0.4 is 10.2 Å². The number of aliphatic hydroxyl groups is 1. The zero-order valence-corrected chi connectivity index (χ0v) is 43.2. The highest BCUT2D eigenvalue weighted by Gasteiger charge is 2.23. The van der Waals surface area contributed by atoms with Gasteiger partial charge in [-0.05, 0) is 57.8 Å². The summed E-state index contributed by atoms with van der Waals surface area (Å²) in [5, 5.41) is 13.8. The molecule has 1 amide bonds. The van der Waals surface area contributed by atoms with Crippen LogP contribution in [0.25, 0.3) is 0 Å². The third-order valence-electron chi connectivity index (χ3n) is 12.1. The lowest BCUT2D eigenvalue weighted by atomic mass is 10.0. The molecule has 0 aliphatic heterocycles. The highest BCUT2D eigenvalue weighted by atomic mass is 31.2. The molecule has 0 heterocycles. The van der Waals surface area contributed by atoms with Gasteiger partial charge in [0.15, 0.2) is 0 Å². The Balaban J connectivity index is 4.09. The van der Waals surface area contributed by atoms with E-state index in [2.05, 4.69) is 43.5 Å². The van der Waals surface area contributed by atoms with Crippen molar-refractivity contribution < 1.29 is 32.9 Å². The number of hydrogen-bond acceptors (Lipinski definition) is 6. The van der Waals surface area contributed by atoms with E-state index >= 15 is 0 Å². The molecule has 0 spiro atoms. The van der Waals surface area contributed by atoms with Crippen molar-refractivity contribution in [3.8, 4) is 0 Å². The minimum Gasteiger partial charge on any atom is -0.756 e. The molecule has 0 fully saturated rings. The van der Waals surface area contributed by atoms with Gasteiger partial charge >= 0.3 is 0 Å². The predicted octanol–water partition coefficient (Wildman–Crippen LogP) is 15.2. The summed E-state index contributed by atoms with van der Waals surface area (Å²) < 4.78 is 23.2. The predicted molar refractivity (Wildman–Crippen MR) is 270 cm³/mol. The van der Waals surface area contributed by atoms with Crippen molar-refractivity contribution in [2.45, 2.75) is 264 Å². The summed E-state index contributed by atoms with van der Waals surface area (Å²) >= 11 is 0. The van der Waals surface area contributed by atoms with Crippen LogP contribution in [-0.4, -0.2) is 68.5 Å². The van der Waals surface area contributed by atoms with E-state index in [-0.39, 0.29) is 12.5 Å². The first-order valence-electron chi connectivity index (χ1n) is 26.9. The first kappa shape index (κ1) is 61.7. The fourth-order valence-corrected chi connectivity index (χ4v) is 8.53. The van der Waals surface area contributed by atoms with Gasteiger partial charge in [-0.25, -0.2) is 0 Å². The fourth-order valence-electron chi connectivity index (χ4n) is 7.81. The largest absolute Gasteiger partial charge is 0.756 e. The Hall–Kier alpha value is -1.28. The summed E-state index contributed by atoms with van der Waals surface area (Å²) in [5.41, 5.74) is 0. The van der Waals surface area contributed by atoms with E-state index in [1.165, 1.54) is 193 Å². The molecule has 0 aromatic heterocycles. The Morgan fingerprint density at radius 2 is 0.889 bits per heavy atom. The maximum Gasteiger partial charge on any atom is 0.268 e. The van der Waals surface area contributed by atoms with Gasteiger partial charge in [0.05, 0.1) is 39.9 Å². The van der Waals surface area contributed by atoms with E-state index in [4.69, 9.17) is 9.05 Å². The number of phosphoric acid groups is 1. The maximum absolute atomic E-state index is 12.9. The van der Waals surface area contributed by atoms with Gasteiger partial charge in [-0.1, -0.05) is 224 Å². The molecule has 0 aliphatic rings. The van der Waals surface area contributed by atoms with Gasteiger partial charge in [0, 0.05) is 6.42 Å². The quantitative estimate of drug-likeness (QED) is 0.0272. The van der Waals surface area contributed by atoms with Crippen LogP contribution in [0.15, 0.2) is 36.5 Å². The van der Waals surface area contributed by atoms with Crippen molar-refractivity contribution in [3.63, 3.8) is 0 Å². The zero-order chi connectivity index (χ0) is 46.4. The second kappa shape index (κ2) is 45.9.